The zero-order chi connectivity index (χ0) is 11.4. The minimum absolute atomic E-state index is 0.0334. The van der Waals surface area contributed by atoms with Crippen molar-refractivity contribution in [3.8, 4) is 0 Å². The van der Waals surface area contributed by atoms with Gasteiger partial charge < -0.3 is 5.32 Å². The summed E-state index contributed by atoms with van der Waals surface area (Å²) in [6.07, 6.45) is 0.782. The van der Waals surface area contributed by atoms with Gasteiger partial charge in [0, 0.05) is 11.9 Å². The Bertz CT molecular complexity index is 349. The lowest BCUT2D eigenvalue weighted by Gasteiger charge is -2.12. The van der Waals surface area contributed by atoms with Gasteiger partial charge in [-0.05, 0) is 12.5 Å². The Morgan fingerprint density at radius 1 is 1.60 bits per heavy atom. The van der Waals surface area contributed by atoms with E-state index in [-0.39, 0.29) is 11.9 Å². The first-order valence-corrected chi connectivity index (χ1v) is 6.50. The molecule has 6 heteroatoms. The van der Waals surface area contributed by atoms with Gasteiger partial charge in [0.15, 0.2) is 0 Å². The third-order valence-corrected chi connectivity index (χ3v) is 3.78. The second-order valence-corrected chi connectivity index (χ2v) is 5.57. The number of carbonyl (C=O) groups excluding carboxylic acids is 1. The summed E-state index contributed by atoms with van der Waals surface area (Å²) in [5.74, 6) is 0.160. The maximum absolute atomic E-state index is 11.7. The Hall–Kier alpha value is 0.0400. The standard InChI is InChI=1S/C9H10Cl3NOS/c1-2-5(4-10)13-9(14)6-3-7(11)15-8(6)12/h3,5H,2,4H2,1H3,(H,13,14). The van der Waals surface area contributed by atoms with E-state index in [4.69, 9.17) is 34.8 Å². The maximum atomic E-state index is 11.7. The summed E-state index contributed by atoms with van der Waals surface area (Å²) in [5, 5.41) is 2.78. The first kappa shape index (κ1) is 13.1. The van der Waals surface area contributed by atoms with Crippen molar-refractivity contribution in [2.75, 3.05) is 5.88 Å². The summed E-state index contributed by atoms with van der Waals surface area (Å²) < 4.78 is 0.908. The summed E-state index contributed by atoms with van der Waals surface area (Å²) >= 11 is 18.4. The number of nitrogens with one attached hydrogen (secondary N) is 1. The van der Waals surface area contributed by atoms with Crippen molar-refractivity contribution in [3.05, 3.63) is 20.3 Å². The van der Waals surface area contributed by atoms with Crippen LogP contribution in [0.1, 0.15) is 23.7 Å². The molecule has 1 unspecified atom stereocenters. The molecule has 0 saturated carbocycles. The van der Waals surface area contributed by atoms with Gasteiger partial charge in [-0.2, -0.15) is 0 Å². The lowest BCUT2D eigenvalue weighted by atomic mass is 10.2. The Balaban J connectivity index is 2.72. The maximum Gasteiger partial charge on any atom is 0.253 e. The third-order valence-electron chi connectivity index (χ3n) is 1.92. The highest BCUT2D eigenvalue weighted by atomic mass is 35.5. The van der Waals surface area contributed by atoms with Gasteiger partial charge in [0.2, 0.25) is 0 Å². The smallest absolute Gasteiger partial charge is 0.253 e. The Morgan fingerprint density at radius 2 is 2.27 bits per heavy atom. The van der Waals surface area contributed by atoms with Crippen LogP contribution in [-0.4, -0.2) is 17.8 Å². The number of rotatable bonds is 4. The highest BCUT2D eigenvalue weighted by Crippen LogP contribution is 2.31. The average Bonchev–Trinajstić information content (AvgIpc) is 2.54. The molecule has 0 spiro atoms. The minimum atomic E-state index is -0.226. The fourth-order valence-electron chi connectivity index (χ4n) is 1.01. The molecule has 84 valence electrons. The molecule has 1 heterocycles. The molecule has 0 radical (unpaired) electrons. The highest BCUT2D eigenvalue weighted by molar-refractivity contribution is 7.20. The third kappa shape index (κ3) is 3.52. The first-order chi connectivity index (χ1) is 7.08. The van der Waals surface area contributed by atoms with Crippen LogP contribution in [0.4, 0.5) is 0 Å². The van der Waals surface area contributed by atoms with Gasteiger partial charge in [-0.1, -0.05) is 30.1 Å². The molecule has 1 N–H and O–H groups in total. The van der Waals surface area contributed by atoms with Crippen LogP contribution in [0.15, 0.2) is 6.07 Å². The lowest BCUT2D eigenvalue weighted by Crippen LogP contribution is -2.35. The van der Waals surface area contributed by atoms with Gasteiger partial charge in [-0.15, -0.1) is 22.9 Å². The Labute approximate surface area is 108 Å². The van der Waals surface area contributed by atoms with Crippen LogP contribution in [0.3, 0.4) is 0 Å². The van der Waals surface area contributed by atoms with Crippen LogP contribution in [-0.2, 0) is 0 Å². The van der Waals surface area contributed by atoms with Gasteiger partial charge >= 0.3 is 0 Å². The van der Waals surface area contributed by atoms with Crippen LogP contribution in [0, 0.1) is 0 Å². The van der Waals surface area contributed by atoms with Crippen molar-refractivity contribution in [3.63, 3.8) is 0 Å². The van der Waals surface area contributed by atoms with E-state index in [2.05, 4.69) is 5.32 Å². The molecule has 0 bridgehead atoms. The number of hydrogen-bond acceptors (Lipinski definition) is 2. The fraction of sp³-hybridized carbons (Fsp3) is 0.444. The molecular formula is C9H10Cl3NOS. The lowest BCUT2D eigenvalue weighted by molar-refractivity contribution is 0.0940. The summed E-state index contributed by atoms with van der Waals surface area (Å²) in [6.45, 7) is 1.95. The first-order valence-electron chi connectivity index (χ1n) is 4.40. The molecule has 1 amide bonds. The van der Waals surface area contributed by atoms with Crippen molar-refractivity contribution >= 4 is 52.0 Å². The highest BCUT2D eigenvalue weighted by Gasteiger charge is 2.16. The quantitative estimate of drug-likeness (QED) is 0.838. The molecule has 1 atom stereocenters. The van der Waals surface area contributed by atoms with E-state index < -0.39 is 0 Å². The predicted octanol–water partition coefficient (Wildman–Crippen LogP) is 3.80. The zero-order valence-corrected chi connectivity index (χ0v) is 11.1. The van der Waals surface area contributed by atoms with Gasteiger partial charge in [0.05, 0.1) is 9.90 Å². The second-order valence-electron chi connectivity index (χ2n) is 2.97. The molecule has 0 saturated heterocycles. The number of carbonyl (C=O) groups is 1. The van der Waals surface area contributed by atoms with E-state index in [0.717, 1.165) is 6.42 Å². The van der Waals surface area contributed by atoms with Crippen molar-refractivity contribution in [2.45, 2.75) is 19.4 Å². The molecule has 1 aromatic rings. The Kier molecular flexibility index (Phi) is 5.19. The fourth-order valence-corrected chi connectivity index (χ4v) is 2.76. The second kappa shape index (κ2) is 5.94. The normalized spacial score (nSPS) is 12.5. The molecule has 0 fully saturated rings. The number of halogens is 3. The number of thiophene rings is 1. The summed E-state index contributed by atoms with van der Waals surface area (Å²) in [4.78, 5) is 11.7. The average molecular weight is 287 g/mol. The molecule has 0 aliphatic carbocycles. The van der Waals surface area contributed by atoms with Crippen molar-refractivity contribution < 1.29 is 4.79 Å². The molecule has 0 aliphatic heterocycles. The van der Waals surface area contributed by atoms with E-state index in [9.17, 15) is 4.79 Å². The number of alkyl halides is 1. The molecule has 15 heavy (non-hydrogen) atoms. The summed E-state index contributed by atoms with van der Waals surface area (Å²) in [5.41, 5.74) is 0.412. The molecule has 0 aliphatic rings. The number of amides is 1. The Morgan fingerprint density at radius 3 is 2.67 bits per heavy atom. The van der Waals surface area contributed by atoms with E-state index in [1.54, 1.807) is 6.07 Å². The van der Waals surface area contributed by atoms with Crippen LogP contribution < -0.4 is 5.32 Å². The van der Waals surface area contributed by atoms with E-state index in [1.165, 1.54) is 11.3 Å². The van der Waals surface area contributed by atoms with Crippen molar-refractivity contribution in [1.82, 2.24) is 5.32 Å². The van der Waals surface area contributed by atoms with Crippen LogP contribution >= 0.6 is 46.1 Å². The molecule has 1 aromatic heterocycles. The van der Waals surface area contributed by atoms with Crippen molar-refractivity contribution in [2.24, 2.45) is 0 Å². The van der Waals surface area contributed by atoms with Gasteiger partial charge in [-0.25, -0.2) is 0 Å². The van der Waals surface area contributed by atoms with E-state index >= 15 is 0 Å². The largest absolute Gasteiger partial charge is 0.348 e. The zero-order valence-electron chi connectivity index (χ0n) is 8.02. The van der Waals surface area contributed by atoms with Crippen LogP contribution in [0.25, 0.3) is 0 Å². The predicted molar refractivity (Wildman–Crippen MR) is 66.6 cm³/mol. The van der Waals surface area contributed by atoms with E-state index in [0.29, 0.717) is 20.1 Å². The monoisotopic (exact) mass is 285 g/mol. The van der Waals surface area contributed by atoms with Crippen molar-refractivity contribution in [1.29, 1.82) is 0 Å². The SMILES string of the molecule is CCC(CCl)NC(=O)c1cc(Cl)sc1Cl. The van der Waals surface area contributed by atoms with E-state index in [1.807, 2.05) is 6.92 Å². The summed E-state index contributed by atoms with van der Waals surface area (Å²) in [6, 6.07) is 1.53. The van der Waals surface area contributed by atoms with Crippen LogP contribution in [0.2, 0.25) is 8.67 Å². The summed E-state index contributed by atoms with van der Waals surface area (Å²) in [7, 11) is 0. The number of hydrogen-bond donors (Lipinski definition) is 1. The molecule has 2 nitrogen and oxygen atoms in total. The van der Waals surface area contributed by atoms with Gasteiger partial charge in [-0.3, -0.25) is 4.79 Å². The molecule has 1 rings (SSSR count). The molecular weight excluding hydrogens is 277 g/mol. The topological polar surface area (TPSA) is 29.1 Å². The van der Waals surface area contributed by atoms with Gasteiger partial charge in [0.1, 0.15) is 4.34 Å². The molecule has 0 aromatic carbocycles. The van der Waals surface area contributed by atoms with Gasteiger partial charge in [0.25, 0.3) is 5.91 Å². The van der Waals surface area contributed by atoms with Crippen LogP contribution in [0.5, 0.6) is 0 Å². The minimum Gasteiger partial charge on any atom is -0.348 e.